The summed E-state index contributed by atoms with van der Waals surface area (Å²) in [6.45, 7) is 0. The molecule has 0 atom stereocenters. The van der Waals surface area contributed by atoms with Crippen LogP contribution in [0.15, 0.2) is 92.8 Å². The number of hydrogen-bond donors (Lipinski definition) is 8. The zero-order valence-electron chi connectivity index (χ0n) is 29.1. The van der Waals surface area contributed by atoms with Gasteiger partial charge in [0.05, 0.1) is 10.6 Å². The van der Waals surface area contributed by atoms with E-state index in [4.69, 9.17) is 5.73 Å². The monoisotopic (exact) mass is 833 g/mol. The molecule has 0 aliphatic rings. The first-order valence-corrected chi connectivity index (χ1v) is 19.4. The van der Waals surface area contributed by atoms with Crippen molar-refractivity contribution in [3.8, 4) is 46.4 Å². The van der Waals surface area contributed by atoms with Crippen LogP contribution in [0.25, 0.3) is 28.3 Å². The fraction of sp³-hybridized carbons (Fsp3) is 0.0625. The molecule has 0 fully saturated rings. The molecule has 22 nitrogen and oxygen atoms in total. The largest absolute Gasteiger partial charge is 0.479 e. The first-order valence-electron chi connectivity index (χ1n) is 15.7. The van der Waals surface area contributed by atoms with Gasteiger partial charge in [0, 0.05) is 30.9 Å². The Balaban J connectivity index is 1.52. The molecule has 25 heteroatoms. The Kier molecular flexibility index (Phi) is 10.7. The average Bonchev–Trinajstić information content (AvgIpc) is 3.69. The minimum atomic E-state index is -4.95. The van der Waals surface area contributed by atoms with E-state index in [1.165, 1.54) is 14.1 Å². The van der Waals surface area contributed by atoms with Gasteiger partial charge in [-0.1, -0.05) is 53.8 Å². The lowest BCUT2D eigenvalue weighted by molar-refractivity contribution is 0.254. The summed E-state index contributed by atoms with van der Waals surface area (Å²) in [7, 11) is -7.07. The van der Waals surface area contributed by atoms with Crippen LogP contribution in [0.4, 0.5) is 37.7 Å². The summed E-state index contributed by atoms with van der Waals surface area (Å²) in [5.74, 6) is -0.565. The van der Waals surface area contributed by atoms with Gasteiger partial charge in [-0.25, -0.2) is 4.79 Å². The number of nitrogen functional groups attached to an aromatic ring is 1. The van der Waals surface area contributed by atoms with Crippen molar-refractivity contribution >= 4 is 70.5 Å². The highest BCUT2D eigenvalue weighted by molar-refractivity contribution is 7.86. The number of azo groups is 1. The van der Waals surface area contributed by atoms with Crippen LogP contribution in [-0.2, 0) is 20.2 Å². The van der Waals surface area contributed by atoms with Gasteiger partial charge in [-0.3, -0.25) is 19.5 Å². The molecule has 6 rings (SSSR count). The molecule has 2 amide bonds. The van der Waals surface area contributed by atoms with Crippen molar-refractivity contribution in [2.24, 2.45) is 10.2 Å². The van der Waals surface area contributed by atoms with Gasteiger partial charge in [-0.05, 0) is 35.9 Å². The predicted molar refractivity (Wildman–Crippen MR) is 205 cm³/mol. The Hall–Kier alpha value is -7.24. The molecule has 0 bridgehead atoms. The van der Waals surface area contributed by atoms with Crippen LogP contribution < -0.4 is 26.8 Å². The quantitative estimate of drug-likeness (QED) is 0.0508. The highest BCUT2D eigenvalue weighted by Crippen LogP contribution is 2.47. The number of hydrazine groups is 1. The molecular formula is C32H27N13O9S3. The smallest absolute Gasteiger partial charge is 0.321 e. The third-order valence-electron chi connectivity index (χ3n) is 7.77. The van der Waals surface area contributed by atoms with Gasteiger partial charge >= 0.3 is 18.1 Å². The van der Waals surface area contributed by atoms with Gasteiger partial charge in [0.15, 0.2) is 16.5 Å². The first kappa shape index (κ1) is 39.5. The first-order chi connectivity index (χ1) is 27.0. The van der Waals surface area contributed by atoms with Crippen molar-refractivity contribution < 1.29 is 40.9 Å². The maximum absolute atomic E-state index is 12.3. The molecule has 292 valence electrons. The third kappa shape index (κ3) is 8.38. The molecule has 3 heterocycles. The zero-order chi connectivity index (χ0) is 41.2. The van der Waals surface area contributed by atoms with Crippen molar-refractivity contribution in [3.05, 3.63) is 78.4 Å². The number of hydrogen-bond acceptors (Lipinski definition) is 18. The van der Waals surface area contributed by atoms with Crippen LogP contribution in [-0.4, -0.2) is 81.0 Å². The molecule has 0 saturated heterocycles. The summed E-state index contributed by atoms with van der Waals surface area (Å²) >= 11 is 0.842. The van der Waals surface area contributed by atoms with Gasteiger partial charge in [-0.2, -0.15) is 41.8 Å². The number of anilines is 4. The number of nitriles is 1. The molecule has 0 radical (unpaired) electrons. The van der Waals surface area contributed by atoms with Gasteiger partial charge in [0.25, 0.3) is 26.2 Å². The molecular weight excluding hydrogens is 807 g/mol. The molecule has 0 unspecified atom stereocenters. The van der Waals surface area contributed by atoms with Crippen molar-refractivity contribution in [1.82, 2.24) is 30.0 Å². The normalized spacial score (nSPS) is 11.6. The van der Waals surface area contributed by atoms with E-state index in [0.717, 1.165) is 39.2 Å². The summed E-state index contributed by atoms with van der Waals surface area (Å²) in [4.78, 5) is 21.4. The Morgan fingerprint density at radius 2 is 1.60 bits per heavy atom. The van der Waals surface area contributed by atoms with Crippen LogP contribution >= 0.6 is 11.3 Å². The Morgan fingerprint density at radius 3 is 2.19 bits per heavy atom. The lowest BCUT2D eigenvalue weighted by Gasteiger charge is -2.24. The van der Waals surface area contributed by atoms with Crippen molar-refractivity contribution in [2.45, 2.75) is 9.79 Å². The minimum Gasteiger partial charge on any atom is -0.479 e. The SMILES string of the molecule is CNC(=O)Nc1ccc(-c2c(NN(C)c3cc(S(=O)(=O)O)ccc3S(=O)(=O)O)sc(N=Nc3c(-c4ccccc4)nn(-c4nc(O)nc(O)n4)c3N)c2C#N)cc1. The Bertz CT molecular complexity index is 2800. The summed E-state index contributed by atoms with van der Waals surface area (Å²) in [6.07, 6.45) is 0. The third-order valence-corrected chi connectivity index (χ3v) is 10.5. The van der Waals surface area contributed by atoms with Gasteiger partial charge in [0.2, 0.25) is 0 Å². The van der Waals surface area contributed by atoms with Crippen molar-refractivity contribution in [2.75, 3.05) is 35.6 Å². The predicted octanol–water partition coefficient (Wildman–Crippen LogP) is 4.44. The number of rotatable bonds is 11. The number of nitrogens with zero attached hydrogens (tertiary/aromatic N) is 9. The number of nitrogens with one attached hydrogen (secondary N) is 3. The highest BCUT2D eigenvalue weighted by Gasteiger charge is 2.27. The number of amides is 2. The molecule has 0 spiro atoms. The molecule has 3 aromatic carbocycles. The number of carbonyl (C=O) groups excluding carboxylic acids is 1. The minimum absolute atomic E-state index is 0.0285. The Morgan fingerprint density at radius 1 is 0.930 bits per heavy atom. The van der Waals surface area contributed by atoms with Crippen molar-refractivity contribution in [3.63, 3.8) is 0 Å². The second-order valence-corrected chi connectivity index (χ2v) is 15.2. The van der Waals surface area contributed by atoms with Gasteiger partial charge in [0.1, 0.15) is 27.2 Å². The van der Waals surface area contributed by atoms with E-state index < -0.39 is 53.8 Å². The van der Waals surface area contributed by atoms with Crippen molar-refractivity contribution in [1.29, 1.82) is 5.26 Å². The van der Waals surface area contributed by atoms with E-state index in [-0.39, 0.29) is 44.3 Å². The Labute approximate surface area is 326 Å². The molecule has 0 saturated carbocycles. The summed E-state index contributed by atoms with van der Waals surface area (Å²) < 4.78 is 69.2. The fourth-order valence-electron chi connectivity index (χ4n) is 5.21. The van der Waals surface area contributed by atoms with Crippen LogP contribution in [0.2, 0.25) is 0 Å². The second-order valence-electron chi connectivity index (χ2n) is 11.4. The fourth-order valence-corrected chi connectivity index (χ4v) is 7.44. The molecule has 6 aromatic rings. The van der Waals surface area contributed by atoms with E-state index in [9.17, 15) is 46.2 Å². The number of nitrogens with two attached hydrogens (primary N) is 1. The van der Waals surface area contributed by atoms with Gasteiger partial charge in [-0.15, -0.1) is 15.2 Å². The lowest BCUT2D eigenvalue weighted by Crippen LogP contribution is -2.26. The lowest BCUT2D eigenvalue weighted by atomic mass is 10.0. The number of thiophene rings is 1. The molecule has 3 aromatic heterocycles. The van der Waals surface area contributed by atoms with Crippen LogP contribution in [0.3, 0.4) is 0 Å². The maximum Gasteiger partial charge on any atom is 0.321 e. The summed E-state index contributed by atoms with van der Waals surface area (Å²) in [6, 6.07) is 17.1. The molecule has 9 N–H and O–H groups in total. The van der Waals surface area contributed by atoms with E-state index in [0.29, 0.717) is 16.8 Å². The summed E-state index contributed by atoms with van der Waals surface area (Å²) in [5.41, 5.74) is 10.5. The molecule has 0 aliphatic heterocycles. The number of aromatic nitrogens is 5. The van der Waals surface area contributed by atoms with Crippen LogP contribution in [0.1, 0.15) is 5.56 Å². The van der Waals surface area contributed by atoms with Crippen LogP contribution in [0.5, 0.6) is 12.0 Å². The molecule has 0 aliphatic carbocycles. The summed E-state index contributed by atoms with van der Waals surface area (Å²) in [5, 5.41) is 49.6. The van der Waals surface area contributed by atoms with Gasteiger partial charge < -0.3 is 26.6 Å². The van der Waals surface area contributed by atoms with E-state index in [2.05, 4.69) is 52.4 Å². The second kappa shape index (κ2) is 15.5. The maximum atomic E-state index is 12.3. The number of benzene rings is 3. The zero-order valence-corrected chi connectivity index (χ0v) is 31.5. The highest BCUT2D eigenvalue weighted by atomic mass is 32.2. The number of urea groups is 1. The topological polar surface area (TPSA) is 337 Å². The number of carbonyl (C=O) groups is 1. The van der Waals surface area contributed by atoms with E-state index in [1.807, 2.05) is 0 Å². The van der Waals surface area contributed by atoms with E-state index >= 15 is 0 Å². The average molecular weight is 834 g/mol. The van der Waals surface area contributed by atoms with Crippen LogP contribution in [0, 0.1) is 11.3 Å². The van der Waals surface area contributed by atoms with E-state index in [1.54, 1.807) is 54.6 Å². The standard InChI is InChI=1S/C32H27N13O9S3/c1-35-30(46)36-18-10-8-16(9-11-18)23-20(15-33)27(55-28(23)43-44(2)21-14-19(56(49,50)51)12-13-22(21)57(52,53)54)41-40-25-24(17-6-4-3-5-7-17)42-45(26(25)34)29-37-31(47)39-32(48)38-29/h3-14,43H,34H2,1-2H3,(H2,35,36,46)(H,49,50,51)(H,52,53,54)(H2,37,38,39,47,48). The molecule has 57 heavy (non-hydrogen) atoms. The number of aromatic hydroxyl groups is 2.